The second-order valence-electron chi connectivity index (χ2n) is 6.60. The molecule has 0 spiro atoms. The van der Waals surface area contributed by atoms with Gasteiger partial charge in [-0.1, -0.05) is 12.1 Å². The van der Waals surface area contributed by atoms with E-state index in [2.05, 4.69) is 15.0 Å². The minimum absolute atomic E-state index is 0.244. The van der Waals surface area contributed by atoms with E-state index in [-0.39, 0.29) is 11.3 Å². The van der Waals surface area contributed by atoms with Crippen molar-refractivity contribution >= 4 is 28.4 Å². The summed E-state index contributed by atoms with van der Waals surface area (Å²) in [6, 6.07) is 9.87. The van der Waals surface area contributed by atoms with Crippen LogP contribution in [0.2, 0.25) is 0 Å². The smallest absolute Gasteiger partial charge is 0.365 e. The summed E-state index contributed by atoms with van der Waals surface area (Å²) in [6.45, 7) is 1.73. The van der Waals surface area contributed by atoms with Gasteiger partial charge in [-0.25, -0.2) is 15.0 Å². The number of rotatable bonds is 3. The molecular weight excluding hydrogens is 385 g/mol. The summed E-state index contributed by atoms with van der Waals surface area (Å²) in [5, 5.41) is 0.560. The van der Waals surface area contributed by atoms with Crippen LogP contribution in [-0.4, -0.2) is 47.0 Å². The monoisotopic (exact) mass is 402 g/mol. The van der Waals surface area contributed by atoms with Gasteiger partial charge in [0.05, 0.1) is 11.1 Å². The molecule has 2 aromatic heterocycles. The van der Waals surface area contributed by atoms with Crippen molar-refractivity contribution in [2.24, 2.45) is 5.73 Å². The molecule has 1 aromatic carbocycles. The number of anilines is 2. The van der Waals surface area contributed by atoms with Crippen LogP contribution in [0.15, 0.2) is 42.6 Å². The summed E-state index contributed by atoms with van der Waals surface area (Å²) < 4.78 is 39.8. The number of hydrogen-bond acceptors (Lipinski definition) is 6. The van der Waals surface area contributed by atoms with Crippen molar-refractivity contribution in [2.75, 3.05) is 36.0 Å². The minimum Gasteiger partial charge on any atom is -0.365 e. The summed E-state index contributed by atoms with van der Waals surface area (Å²) in [6.07, 6.45) is -3.06. The van der Waals surface area contributed by atoms with Crippen molar-refractivity contribution in [2.45, 2.75) is 6.18 Å². The normalized spacial score (nSPS) is 15.0. The van der Waals surface area contributed by atoms with Crippen molar-refractivity contribution < 1.29 is 18.0 Å². The molecule has 7 nitrogen and oxygen atoms in total. The van der Waals surface area contributed by atoms with Gasteiger partial charge in [-0.15, -0.1) is 0 Å². The largest absolute Gasteiger partial charge is 0.451 e. The van der Waals surface area contributed by atoms with Crippen molar-refractivity contribution in [1.82, 2.24) is 15.0 Å². The molecular formula is C19H17F3N6O. The Bertz CT molecular complexity index is 1060. The number of primary amides is 1. The predicted molar refractivity (Wildman–Crippen MR) is 102 cm³/mol. The molecule has 0 atom stereocenters. The number of carbonyl (C=O) groups excluding carboxylic acids is 1. The van der Waals surface area contributed by atoms with Gasteiger partial charge in [-0.2, -0.15) is 13.2 Å². The Balaban J connectivity index is 1.64. The van der Waals surface area contributed by atoms with Crippen LogP contribution in [0, 0.1) is 0 Å². The first-order valence-electron chi connectivity index (χ1n) is 8.93. The van der Waals surface area contributed by atoms with Crippen LogP contribution in [0.5, 0.6) is 0 Å². The van der Waals surface area contributed by atoms with Crippen molar-refractivity contribution in [3.63, 3.8) is 0 Å². The Morgan fingerprint density at radius 3 is 2.24 bits per heavy atom. The lowest BCUT2D eigenvalue weighted by Crippen LogP contribution is -2.47. The maximum absolute atomic E-state index is 13.3. The number of hydrogen-bond donors (Lipinski definition) is 1. The van der Waals surface area contributed by atoms with E-state index >= 15 is 0 Å². The number of piperazine rings is 1. The molecule has 1 aliphatic rings. The van der Waals surface area contributed by atoms with Crippen molar-refractivity contribution in [1.29, 1.82) is 0 Å². The predicted octanol–water partition coefficient (Wildman–Crippen LogP) is 2.47. The molecule has 0 unspecified atom stereocenters. The number of benzene rings is 1. The third-order valence-electron chi connectivity index (χ3n) is 4.77. The molecule has 10 heteroatoms. The zero-order valence-electron chi connectivity index (χ0n) is 15.2. The van der Waals surface area contributed by atoms with Gasteiger partial charge in [0, 0.05) is 37.8 Å². The molecule has 3 aromatic rings. The Labute approximate surface area is 164 Å². The number of para-hydroxylation sites is 1. The summed E-state index contributed by atoms with van der Waals surface area (Å²) >= 11 is 0. The standard InChI is InChI=1S/C19H17F3N6O/c20-19(21,22)18-25-14-6-2-1-4-12(14)17(26-18)28-10-8-27(9-11-28)16-13(15(23)29)5-3-7-24-16/h1-7H,8-11H2,(H2,23,29). The zero-order valence-corrected chi connectivity index (χ0v) is 15.2. The first-order valence-corrected chi connectivity index (χ1v) is 8.93. The fourth-order valence-corrected chi connectivity index (χ4v) is 3.40. The molecule has 3 heterocycles. The van der Waals surface area contributed by atoms with Gasteiger partial charge in [0.15, 0.2) is 0 Å². The molecule has 0 saturated carbocycles. The average molecular weight is 402 g/mol. The molecule has 0 bridgehead atoms. The highest BCUT2D eigenvalue weighted by molar-refractivity contribution is 5.97. The summed E-state index contributed by atoms with van der Waals surface area (Å²) in [5.41, 5.74) is 5.98. The number of nitrogens with zero attached hydrogens (tertiary/aromatic N) is 5. The maximum atomic E-state index is 13.3. The van der Waals surface area contributed by atoms with E-state index in [1.165, 1.54) is 0 Å². The average Bonchev–Trinajstić information content (AvgIpc) is 2.72. The number of aromatic nitrogens is 3. The topological polar surface area (TPSA) is 88.2 Å². The fraction of sp³-hybridized carbons (Fsp3) is 0.263. The molecule has 29 heavy (non-hydrogen) atoms. The van der Waals surface area contributed by atoms with Crippen LogP contribution in [0.4, 0.5) is 24.8 Å². The summed E-state index contributed by atoms with van der Waals surface area (Å²) in [5.74, 6) is -1.01. The first kappa shape index (κ1) is 18.9. The zero-order chi connectivity index (χ0) is 20.6. The van der Waals surface area contributed by atoms with E-state index < -0.39 is 17.9 Å². The number of pyridine rings is 1. The SMILES string of the molecule is NC(=O)c1cccnc1N1CCN(c2nc(C(F)(F)F)nc3ccccc23)CC1. The Morgan fingerprint density at radius 1 is 0.931 bits per heavy atom. The molecule has 150 valence electrons. The lowest BCUT2D eigenvalue weighted by atomic mass is 10.2. The molecule has 1 saturated heterocycles. The van der Waals surface area contributed by atoms with E-state index in [1.807, 2.05) is 4.90 Å². The first-order chi connectivity index (χ1) is 13.8. The molecule has 4 rings (SSSR count). The second kappa shape index (κ2) is 7.19. The molecule has 2 N–H and O–H groups in total. The minimum atomic E-state index is -4.63. The lowest BCUT2D eigenvalue weighted by Gasteiger charge is -2.37. The lowest BCUT2D eigenvalue weighted by molar-refractivity contribution is -0.144. The van der Waals surface area contributed by atoms with Crippen LogP contribution in [0.3, 0.4) is 0 Å². The van der Waals surface area contributed by atoms with E-state index in [1.54, 1.807) is 47.5 Å². The number of alkyl halides is 3. The molecule has 1 fully saturated rings. The van der Waals surface area contributed by atoms with E-state index in [0.29, 0.717) is 42.9 Å². The molecule has 1 amide bonds. The number of nitrogens with two attached hydrogens (primary N) is 1. The fourth-order valence-electron chi connectivity index (χ4n) is 3.40. The van der Waals surface area contributed by atoms with Gasteiger partial charge >= 0.3 is 6.18 Å². The van der Waals surface area contributed by atoms with Crippen molar-refractivity contribution in [3.05, 3.63) is 54.0 Å². The Kier molecular flexibility index (Phi) is 4.69. The van der Waals surface area contributed by atoms with E-state index in [0.717, 1.165) is 0 Å². The van der Waals surface area contributed by atoms with Gasteiger partial charge in [0.25, 0.3) is 5.91 Å². The van der Waals surface area contributed by atoms with Crippen LogP contribution >= 0.6 is 0 Å². The van der Waals surface area contributed by atoms with Gasteiger partial charge < -0.3 is 15.5 Å². The Morgan fingerprint density at radius 2 is 1.59 bits per heavy atom. The molecule has 1 aliphatic heterocycles. The highest BCUT2D eigenvalue weighted by Gasteiger charge is 2.36. The number of carbonyl (C=O) groups is 1. The van der Waals surface area contributed by atoms with Crippen molar-refractivity contribution in [3.8, 4) is 0 Å². The number of halogens is 3. The molecule has 0 aliphatic carbocycles. The number of amides is 1. The third kappa shape index (κ3) is 3.65. The summed E-state index contributed by atoms with van der Waals surface area (Å²) in [7, 11) is 0. The maximum Gasteiger partial charge on any atom is 0.451 e. The van der Waals surface area contributed by atoms with Crippen LogP contribution < -0.4 is 15.5 Å². The van der Waals surface area contributed by atoms with E-state index in [9.17, 15) is 18.0 Å². The van der Waals surface area contributed by atoms with Crippen LogP contribution in [0.1, 0.15) is 16.2 Å². The highest BCUT2D eigenvalue weighted by Crippen LogP contribution is 2.32. The molecule has 0 radical (unpaired) electrons. The Hall–Kier alpha value is -3.43. The number of fused-ring (bicyclic) bond motifs is 1. The van der Waals surface area contributed by atoms with Crippen LogP contribution in [-0.2, 0) is 6.18 Å². The van der Waals surface area contributed by atoms with Gasteiger partial charge in [-0.3, -0.25) is 4.79 Å². The van der Waals surface area contributed by atoms with Gasteiger partial charge in [-0.05, 0) is 24.3 Å². The highest BCUT2D eigenvalue weighted by atomic mass is 19.4. The van der Waals surface area contributed by atoms with E-state index in [4.69, 9.17) is 5.73 Å². The van der Waals surface area contributed by atoms with Gasteiger partial charge in [0.2, 0.25) is 5.82 Å². The van der Waals surface area contributed by atoms with Crippen LogP contribution in [0.25, 0.3) is 10.9 Å². The summed E-state index contributed by atoms with van der Waals surface area (Å²) in [4.78, 5) is 27.1. The third-order valence-corrected chi connectivity index (χ3v) is 4.77. The van der Waals surface area contributed by atoms with Gasteiger partial charge in [0.1, 0.15) is 11.6 Å². The quantitative estimate of drug-likeness (QED) is 0.724. The second-order valence-corrected chi connectivity index (χ2v) is 6.60.